The van der Waals surface area contributed by atoms with E-state index in [9.17, 15) is 5.11 Å². The number of hydrogen-bond donors (Lipinski definition) is 3. The Kier molecular flexibility index (Phi) is 4.11. The van der Waals surface area contributed by atoms with Crippen LogP contribution in [0.5, 0.6) is 5.75 Å². The molecule has 2 aromatic carbocycles. The average molecular weight is 283 g/mol. The van der Waals surface area contributed by atoms with Gasteiger partial charge in [-0.3, -0.25) is 0 Å². The smallest absolute Gasteiger partial charge is 0.115 e. The number of phenols is 1. The number of aliphatic hydroxyl groups excluding tert-OH is 1. The van der Waals surface area contributed by atoms with Crippen molar-refractivity contribution in [1.82, 2.24) is 0 Å². The number of anilines is 1. The van der Waals surface area contributed by atoms with Crippen molar-refractivity contribution in [1.29, 1.82) is 0 Å². The molecule has 3 nitrogen and oxygen atoms in total. The van der Waals surface area contributed by atoms with E-state index in [0.29, 0.717) is 12.2 Å². The zero-order chi connectivity index (χ0) is 14.7. The van der Waals surface area contributed by atoms with Gasteiger partial charge >= 0.3 is 0 Å². The van der Waals surface area contributed by atoms with E-state index in [0.717, 1.165) is 30.5 Å². The predicted molar refractivity (Wildman–Crippen MR) is 84.6 cm³/mol. The van der Waals surface area contributed by atoms with Crippen LogP contribution in [0.1, 0.15) is 35.6 Å². The number of fused-ring (bicyclic) bond motifs is 1. The van der Waals surface area contributed by atoms with Gasteiger partial charge in [-0.25, -0.2) is 0 Å². The standard InChI is InChI=1S/C18H21NO2/c20-11-10-13-4-7-15(8-5-13)19-18-3-1-2-14-6-9-16(21)12-17(14)18/h4-9,12,18-21H,1-3,10-11H2. The van der Waals surface area contributed by atoms with Crippen molar-refractivity contribution in [2.75, 3.05) is 11.9 Å². The molecule has 0 heterocycles. The third-order valence-electron chi connectivity index (χ3n) is 4.14. The summed E-state index contributed by atoms with van der Waals surface area (Å²) < 4.78 is 0. The van der Waals surface area contributed by atoms with Crippen LogP contribution in [0.15, 0.2) is 42.5 Å². The molecule has 21 heavy (non-hydrogen) atoms. The van der Waals surface area contributed by atoms with Crippen LogP contribution in [0.2, 0.25) is 0 Å². The number of benzene rings is 2. The molecule has 1 aliphatic carbocycles. The van der Waals surface area contributed by atoms with Crippen LogP contribution in [0.25, 0.3) is 0 Å². The lowest BCUT2D eigenvalue weighted by molar-refractivity contribution is 0.299. The van der Waals surface area contributed by atoms with Gasteiger partial charge in [0.25, 0.3) is 0 Å². The SMILES string of the molecule is OCCc1ccc(NC2CCCc3ccc(O)cc32)cc1. The molecule has 0 saturated carbocycles. The average Bonchev–Trinajstić information content (AvgIpc) is 2.50. The quantitative estimate of drug-likeness (QED) is 0.806. The molecule has 0 aromatic heterocycles. The van der Waals surface area contributed by atoms with Gasteiger partial charge in [0.15, 0.2) is 0 Å². The molecule has 1 atom stereocenters. The molecule has 0 aliphatic heterocycles. The fraction of sp³-hybridized carbons (Fsp3) is 0.333. The van der Waals surface area contributed by atoms with Crippen molar-refractivity contribution in [3.05, 3.63) is 59.2 Å². The maximum absolute atomic E-state index is 9.72. The molecule has 0 saturated heterocycles. The molecule has 0 spiro atoms. The first-order chi connectivity index (χ1) is 10.3. The lowest BCUT2D eigenvalue weighted by Crippen LogP contribution is -2.17. The van der Waals surface area contributed by atoms with Gasteiger partial charge < -0.3 is 15.5 Å². The summed E-state index contributed by atoms with van der Waals surface area (Å²) in [5.41, 5.74) is 4.76. The van der Waals surface area contributed by atoms with E-state index in [1.165, 1.54) is 11.1 Å². The van der Waals surface area contributed by atoms with Gasteiger partial charge in [0, 0.05) is 12.3 Å². The topological polar surface area (TPSA) is 52.5 Å². The highest BCUT2D eigenvalue weighted by molar-refractivity contribution is 5.49. The number of nitrogens with one attached hydrogen (secondary N) is 1. The molecule has 110 valence electrons. The van der Waals surface area contributed by atoms with Crippen LogP contribution in [0, 0.1) is 0 Å². The number of aromatic hydroxyl groups is 1. The lowest BCUT2D eigenvalue weighted by atomic mass is 9.87. The molecular weight excluding hydrogens is 262 g/mol. The number of rotatable bonds is 4. The first kappa shape index (κ1) is 14.0. The van der Waals surface area contributed by atoms with Crippen molar-refractivity contribution in [2.45, 2.75) is 31.7 Å². The van der Waals surface area contributed by atoms with Crippen LogP contribution in [0.3, 0.4) is 0 Å². The van der Waals surface area contributed by atoms with Crippen LogP contribution in [0.4, 0.5) is 5.69 Å². The third kappa shape index (κ3) is 3.19. The molecule has 0 bridgehead atoms. The zero-order valence-electron chi connectivity index (χ0n) is 12.0. The minimum Gasteiger partial charge on any atom is -0.508 e. The normalized spacial score (nSPS) is 17.3. The van der Waals surface area contributed by atoms with Crippen LogP contribution in [-0.2, 0) is 12.8 Å². The molecule has 3 heteroatoms. The highest BCUT2D eigenvalue weighted by Crippen LogP contribution is 2.34. The van der Waals surface area contributed by atoms with Gasteiger partial charge in [0.05, 0.1) is 6.04 Å². The van der Waals surface area contributed by atoms with Gasteiger partial charge in [0.1, 0.15) is 5.75 Å². The Balaban J connectivity index is 1.78. The highest BCUT2D eigenvalue weighted by Gasteiger charge is 2.20. The Morgan fingerprint density at radius 1 is 1.10 bits per heavy atom. The predicted octanol–water partition coefficient (Wildman–Crippen LogP) is 3.42. The monoisotopic (exact) mass is 283 g/mol. The Morgan fingerprint density at radius 2 is 1.90 bits per heavy atom. The van der Waals surface area contributed by atoms with Gasteiger partial charge in [-0.05, 0) is 66.6 Å². The maximum Gasteiger partial charge on any atom is 0.115 e. The zero-order valence-corrected chi connectivity index (χ0v) is 12.0. The fourth-order valence-electron chi connectivity index (χ4n) is 3.03. The number of aliphatic hydroxyl groups is 1. The maximum atomic E-state index is 9.72. The van der Waals surface area contributed by atoms with Crippen LogP contribution in [-0.4, -0.2) is 16.8 Å². The van der Waals surface area contributed by atoms with Crippen molar-refractivity contribution in [2.24, 2.45) is 0 Å². The summed E-state index contributed by atoms with van der Waals surface area (Å²) in [5, 5.41) is 22.2. The number of phenolic OH excluding ortho intramolecular Hbond substituents is 1. The number of aryl methyl sites for hydroxylation is 1. The van der Waals surface area contributed by atoms with Crippen molar-refractivity contribution in [3.8, 4) is 5.75 Å². The summed E-state index contributed by atoms with van der Waals surface area (Å²) in [6.45, 7) is 0.183. The second-order valence-corrected chi connectivity index (χ2v) is 5.64. The Bertz CT molecular complexity index is 607. The van der Waals surface area contributed by atoms with E-state index in [4.69, 9.17) is 5.11 Å². The van der Waals surface area contributed by atoms with Crippen molar-refractivity contribution < 1.29 is 10.2 Å². The Labute approximate surface area is 125 Å². The number of hydrogen-bond acceptors (Lipinski definition) is 3. The largest absolute Gasteiger partial charge is 0.508 e. The van der Waals surface area contributed by atoms with Gasteiger partial charge in [-0.15, -0.1) is 0 Å². The molecule has 3 rings (SSSR count). The summed E-state index contributed by atoms with van der Waals surface area (Å²) in [6, 6.07) is 14.1. The Hall–Kier alpha value is -2.00. The van der Waals surface area contributed by atoms with Crippen LogP contribution < -0.4 is 5.32 Å². The fourth-order valence-corrected chi connectivity index (χ4v) is 3.03. The molecule has 0 fully saturated rings. The Morgan fingerprint density at radius 3 is 2.67 bits per heavy atom. The molecule has 0 amide bonds. The minimum atomic E-state index is 0.183. The van der Waals surface area contributed by atoms with E-state index in [1.807, 2.05) is 24.3 Å². The summed E-state index contributed by atoms with van der Waals surface area (Å²) in [6.07, 6.45) is 4.02. The molecular formula is C18H21NO2. The van der Waals surface area contributed by atoms with Crippen molar-refractivity contribution in [3.63, 3.8) is 0 Å². The minimum absolute atomic E-state index is 0.183. The van der Waals surface area contributed by atoms with Gasteiger partial charge in [0.2, 0.25) is 0 Å². The first-order valence-corrected chi connectivity index (χ1v) is 7.54. The van der Waals surface area contributed by atoms with Crippen LogP contribution >= 0.6 is 0 Å². The summed E-state index contributed by atoms with van der Waals surface area (Å²) in [5.74, 6) is 0.334. The van der Waals surface area contributed by atoms with Gasteiger partial charge in [-0.1, -0.05) is 18.2 Å². The summed E-state index contributed by atoms with van der Waals surface area (Å²) in [4.78, 5) is 0. The van der Waals surface area contributed by atoms with E-state index in [-0.39, 0.29) is 12.6 Å². The summed E-state index contributed by atoms with van der Waals surface area (Å²) >= 11 is 0. The third-order valence-corrected chi connectivity index (χ3v) is 4.14. The van der Waals surface area contributed by atoms with Gasteiger partial charge in [-0.2, -0.15) is 0 Å². The molecule has 3 N–H and O–H groups in total. The lowest BCUT2D eigenvalue weighted by Gasteiger charge is -2.27. The molecule has 0 radical (unpaired) electrons. The van der Waals surface area contributed by atoms with E-state index >= 15 is 0 Å². The second-order valence-electron chi connectivity index (χ2n) is 5.64. The molecule has 1 aliphatic rings. The van der Waals surface area contributed by atoms with E-state index in [2.05, 4.69) is 17.4 Å². The second kappa shape index (κ2) is 6.19. The van der Waals surface area contributed by atoms with E-state index < -0.39 is 0 Å². The van der Waals surface area contributed by atoms with Crippen molar-refractivity contribution >= 4 is 5.69 Å². The first-order valence-electron chi connectivity index (χ1n) is 7.54. The highest BCUT2D eigenvalue weighted by atomic mass is 16.3. The van der Waals surface area contributed by atoms with E-state index in [1.54, 1.807) is 6.07 Å². The molecule has 2 aromatic rings. The molecule has 1 unspecified atom stereocenters. The summed E-state index contributed by atoms with van der Waals surface area (Å²) in [7, 11) is 0.